The van der Waals surface area contributed by atoms with Gasteiger partial charge in [-0.15, -0.1) is 0 Å². The molecule has 5 nitrogen and oxygen atoms in total. The molecule has 0 saturated carbocycles. The van der Waals surface area contributed by atoms with Crippen molar-refractivity contribution in [1.29, 1.82) is 0 Å². The number of nitrogens with zero attached hydrogens (tertiary/aromatic N) is 1. The van der Waals surface area contributed by atoms with E-state index in [1.54, 1.807) is 6.20 Å². The number of aromatic nitrogens is 1. The number of nitrogens with one attached hydrogen (secondary N) is 1. The standard InChI is InChI=1S/C20H24N2O3/c1-20(2,3)25-19(23)22-13-15-9-11-24-18-16(7-4-8-17(15)18)14-6-5-10-21-12-14/h4-8,10,12,15H,9,11,13H2,1-3H3,(H,22,23)/t15-/m0/s1. The van der Waals surface area contributed by atoms with E-state index >= 15 is 0 Å². The monoisotopic (exact) mass is 340 g/mol. The molecule has 0 spiro atoms. The van der Waals surface area contributed by atoms with Crippen LogP contribution in [0.2, 0.25) is 0 Å². The molecular formula is C20H24N2O3. The van der Waals surface area contributed by atoms with E-state index in [0.29, 0.717) is 13.2 Å². The third kappa shape index (κ3) is 4.29. The van der Waals surface area contributed by atoms with Crippen molar-refractivity contribution in [3.05, 3.63) is 48.3 Å². The summed E-state index contributed by atoms with van der Waals surface area (Å²) in [7, 11) is 0. The number of benzene rings is 1. The summed E-state index contributed by atoms with van der Waals surface area (Å²) >= 11 is 0. The molecule has 1 amide bonds. The van der Waals surface area contributed by atoms with E-state index < -0.39 is 5.60 Å². The number of pyridine rings is 1. The molecule has 132 valence electrons. The van der Waals surface area contributed by atoms with Gasteiger partial charge >= 0.3 is 6.09 Å². The van der Waals surface area contributed by atoms with Gasteiger partial charge in [-0.2, -0.15) is 0 Å². The van der Waals surface area contributed by atoms with Gasteiger partial charge in [0, 0.05) is 36.0 Å². The lowest BCUT2D eigenvalue weighted by Crippen LogP contribution is -2.35. The summed E-state index contributed by atoms with van der Waals surface area (Å²) in [6, 6.07) is 10.1. The topological polar surface area (TPSA) is 60.5 Å². The van der Waals surface area contributed by atoms with Gasteiger partial charge in [0.05, 0.1) is 6.61 Å². The first-order valence-electron chi connectivity index (χ1n) is 8.57. The molecule has 5 heteroatoms. The van der Waals surface area contributed by atoms with Crippen LogP contribution in [0.15, 0.2) is 42.7 Å². The van der Waals surface area contributed by atoms with E-state index in [4.69, 9.17) is 9.47 Å². The van der Waals surface area contributed by atoms with Crippen LogP contribution in [0.3, 0.4) is 0 Å². The number of hydrogen-bond acceptors (Lipinski definition) is 4. The highest BCUT2D eigenvalue weighted by atomic mass is 16.6. The lowest BCUT2D eigenvalue weighted by atomic mass is 9.90. The fraction of sp³-hybridized carbons (Fsp3) is 0.400. The Kier molecular flexibility index (Phi) is 4.93. The van der Waals surface area contributed by atoms with Crippen LogP contribution in [-0.2, 0) is 4.74 Å². The molecule has 1 N–H and O–H groups in total. The van der Waals surface area contributed by atoms with Gasteiger partial charge in [-0.1, -0.05) is 24.3 Å². The van der Waals surface area contributed by atoms with Gasteiger partial charge in [0.15, 0.2) is 0 Å². The van der Waals surface area contributed by atoms with E-state index in [1.165, 1.54) is 0 Å². The average Bonchev–Trinajstić information content (AvgIpc) is 2.58. The van der Waals surface area contributed by atoms with Gasteiger partial charge in [-0.3, -0.25) is 4.98 Å². The van der Waals surface area contributed by atoms with E-state index in [1.807, 2.05) is 51.2 Å². The summed E-state index contributed by atoms with van der Waals surface area (Å²) in [5, 5.41) is 2.88. The predicted molar refractivity (Wildman–Crippen MR) is 96.8 cm³/mol. The Morgan fingerprint density at radius 1 is 1.32 bits per heavy atom. The van der Waals surface area contributed by atoms with Crippen LogP contribution >= 0.6 is 0 Å². The summed E-state index contributed by atoms with van der Waals surface area (Å²) in [4.78, 5) is 16.1. The first-order chi connectivity index (χ1) is 11.9. The van der Waals surface area contributed by atoms with Gasteiger partial charge in [0.1, 0.15) is 11.4 Å². The van der Waals surface area contributed by atoms with E-state index in [2.05, 4.69) is 16.4 Å². The lowest BCUT2D eigenvalue weighted by molar-refractivity contribution is 0.0521. The molecular weight excluding hydrogens is 316 g/mol. The predicted octanol–water partition coefficient (Wildman–Crippen LogP) is 4.14. The van der Waals surface area contributed by atoms with Crippen molar-refractivity contribution < 1.29 is 14.3 Å². The maximum absolute atomic E-state index is 11.9. The Bertz CT molecular complexity index is 738. The van der Waals surface area contributed by atoms with Crippen LogP contribution < -0.4 is 10.1 Å². The van der Waals surface area contributed by atoms with Gasteiger partial charge < -0.3 is 14.8 Å². The van der Waals surface area contributed by atoms with Gasteiger partial charge in [0.2, 0.25) is 0 Å². The van der Waals surface area contributed by atoms with Crippen molar-refractivity contribution in [2.24, 2.45) is 0 Å². The van der Waals surface area contributed by atoms with Crippen LogP contribution in [0.25, 0.3) is 11.1 Å². The first kappa shape index (κ1) is 17.3. The molecule has 1 aliphatic heterocycles. The minimum Gasteiger partial charge on any atom is -0.493 e. The van der Waals surface area contributed by atoms with Crippen LogP contribution in [0.4, 0.5) is 4.79 Å². The van der Waals surface area contributed by atoms with E-state index in [-0.39, 0.29) is 12.0 Å². The Morgan fingerprint density at radius 2 is 2.16 bits per heavy atom. The number of hydrogen-bond donors (Lipinski definition) is 1. The average molecular weight is 340 g/mol. The Morgan fingerprint density at radius 3 is 2.88 bits per heavy atom. The zero-order valence-electron chi connectivity index (χ0n) is 14.9. The lowest BCUT2D eigenvalue weighted by Gasteiger charge is -2.28. The Balaban J connectivity index is 1.78. The molecule has 1 aliphatic rings. The number of alkyl carbamates (subject to hydrolysis) is 1. The normalized spacial score (nSPS) is 16.5. The third-order valence-electron chi connectivity index (χ3n) is 4.06. The molecule has 1 atom stereocenters. The van der Waals surface area contributed by atoms with Crippen LogP contribution in [0.1, 0.15) is 38.7 Å². The summed E-state index contributed by atoms with van der Waals surface area (Å²) in [5.41, 5.74) is 2.68. The first-order valence-corrected chi connectivity index (χ1v) is 8.57. The third-order valence-corrected chi connectivity index (χ3v) is 4.06. The smallest absolute Gasteiger partial charge is 0.407 e. The Labute approximate surface area is 148 Å². The molecule has 3 rings (SSSR count). The number of amides is 1. The summed E-state index contributed by atoms with van der Waals surface area (Å²) in [6.07, 6.45) is 4.07. The highest BCUT2D eigenvalue weighted by Gasteiger charge is 2.25. The summed E-state index contributed by atoms with van der Waals surface area (Å²) < 4.78 is 11.3. The number of para-hydroxylation sites is 1. The second-order valence-corrected chi connectivity index (χ2v) is 7.18. The van der Waals surface area contributed by atoms with Crippen LogP contribution in [0.5, 0.6) is 5.75 Å². The molecule has 2 aromatic rings. The zero-order valence-corrected chi connectivity index (χ0v) is 14.9. The van der Waals surface area contributed by atoms with Crippen LogP contribution in [-0.4, -0.2) is 29.8 Å². The zero-order chi connectivity index (χ0) is 17.9. The summed E-state index contributed by atoms with van der Waals surface area (Å²) in [6.45, 7) is 6.73. The molecule has 2 heterocycles. The maximum Gasteiger partial charge on any atom is 0.407 e. The quantitative estimate of drug-likeness (QED) is 0.912. The van der Waals surface area contributed by atoms with Crippen LogP contribution in [0, 0.1) is 0 Å². The fourth-order valence-corrected chi connectivity index (χ4v) is 2.98. The van der Waals surface area contributed by atoms with Gasteiger partial charge in [0.25, 0.3) is 0 Å². The van der Waals surface area contributed by atoms with Crippen molar-refractivity contribution in [2.45, 2.75) is 38.7 Å². The van der Waals surface area contributed by atoms with Crippen molar-refractivity contribution in [3.63, 3.8) is 0 Å². The summed E-state index contributed by atoms with van der Waals surface area (Å²) in [5.74, 6) is 1.09. The second kappa shape index (κ2) is 7.13. The molecule has 0 radical (unpaired) electrons. The largest absolute Gasteiger partial charge is 0.493 e. The highest BCUT2D eigenvalue weighted by Crippen LogP contribution is 2.40. The number of ether oxygens (including phenoxy) is 2. The molecule has 25 heavy (non-hydrogen) atoms. The number of carbonyl (C=O) groups excluding carboxylic acids is 1. The van der Waals surface area contributed by atoms with Crippen molar-refractivity contribution in [3.8, 4) is 16.9 Å². The molecule has 0 saturated heterocycles. The number of fused-ring (bicyclic) bond motifs is 1. The second-order valence-electron chi connectivity index (χ2n) is 7.18. The molecule has 1 aromatic heterocycles. The molecule has 1 aromatic carbocycles. The van der Waals surface area contributed by atoms with E-state index in [9.17, 15) is 4.79 Å². The molecule has 0 unspecified atom stereocenters. The highest BCUT2D eigenvalue weighted by molar-refractivity contribution is 5.72. The molecule has 0 fully saturated rings. The molecule has 0 aliphatic carbocycles. The number of rotatable bonds is 3. The van der Waals surface area contributed by atoms with Crippen molar-refractivity contribution >= 4 is 6.09 Å². The van der Waals surface area contributed by atoms with Gasteiger partial charge in [-0.05, 0) is 38.8 Å². The van der Waals surface area contributed by atoms with E-state index in [0.717, 1.165) is 28.9 Å². The minimum absolute atomic E-state index is 0.202. The van der Waals surface area contributed by atoms with Gasteiger partial charge in [-0.25, -0.2) is 4.79 Å². The Hall–Kier alpha value is -2.56. The SMILES string of the molecule is CC(C)(C)OC(=O)NC[C@@H]1CCOc2c(-c3cccnc3)cccc21. The van der Waals surface area contributed by atoms with Crippen molar-refractivity contribution in [1.82, 2.24) is 10.3 Å². The van der Waals surface area contributed by atoms with Crippen molar-refractivity contribution in [2.75, 3.05) is 13.2 Å². The molecule has 0 bridgehead atoms. The maximum atomic E-state index is 11.9. The fourth-order valence-electron chi connectivity index (χ4n) is 2.98. The number of carbonyl (C=O) groups is 1. The minimum atomic E-state index is -0.495.